The van der Waals surface area contributed by atoms with Gasteiger partial charge in [0.25, 0.3) is 0 Å². The molecule has 1 aromatic rings. The molecule has 1 unspecified atom stereocenters. The zero-order valence-corrected chi connectivity index (χ0v) is 16.4. The van der Waals surface area contributed by atoms with Crippen LogP contribution in [0.5, 0.6) is 0 Å². The highest BCUT2D eigenvalue weighted by atomic mass is 32.2. The van der Waals surface area contributed by atoms with Crippen LogP contribution in [0.25, 0.3) is 0 Å². The Kier molecular flexibility index (Phi) is 7.01. The monoisotopic (exact) mass is 360 g/mol. The van der Waals surface area contributed by atoms with Crippen LogP contribution in [-0.4, -0.2) is 44.5 Å². The first-order chi connectivity index (χ1) is 10.5. The number of guanidine groups is 1. The average Bonchev–Trinajstić information content (AvgIpc) is 2.89. The molecule has 0 bridgehead atoms. The van der Waals surface area contributed by atoms with Crippen LogP contribution in [0.2, 0.25) is 0 Å². The second-order valence-electron chi connectivity index (χ2n) is 6.78. The SMILES string of the molecule is CN=C(NCc1csc(C(C)(C)C)n1)NC(C)CCS(C)(=O)=O. The molecule has 1 heterocycles. The molecule has 132 valence electrons. The first kappa shape index (κ1) is 19.9. The van der Waals surface area contributed by atoms with Gasteiger partial charge in [-0.25, -0.2) is 13.4 Å². The summed E-state index contributed by atoms with van der Waals surface area (Å²) in [4.78, 5) is 8.79. The largest absolute Gasteiger partial charge is 0.354 e. The van der Waals surface area contributed by atoms with Crippen LogP contribution in [0.15, 0.2) is 10.4 Å². The number of hydrogen-bond acceptors (Lipinski definition) is 5. The topological polar surface area (TPSA) is 83.4 Å². The molecule has 1 atom stereocenters. The van der Waals surface area contributed by atoms with Crippen LogP contribution in [0, 0.1) is 0 Å². The summed E-state index contributed by atoms with van der Waals surface area (Å²) in [6, 6.07) is 0.0245. The molecule has 0 spiro atoms. The van der Waals surface area contributed by atoms with Crippen molar-refractivity contribution < 1.29 is 8.42 Å². The molecular formula is C15H28N4O2S2. The fourth-order valence-electron chi connectivity index (χ4n) is 1.80. The Morgan fingerprint density at radius 1 is 1.43 bits per heavy atom. The van der Waals surface area contributed by atoms with Crippen molar-refractivity contribution in [2.45, 2.75) is 52.1 Å². The lowest BCUT2D eigenvalue weighted by atomic mass is 9.98. The highest BCUT2D eigenvalue weighted by molar-refractivity contribution is 7.90. The summed E-state index contributed by atoms with van der Waals surface area (Å²) >= 11 is 1.66. The van der Waals surface area contributed by atoms with Gasteiger partial charge in [-0.05, 0) is 13.3 Å². The molecule has 1 aromatic heterocycles. The molecule has 0 fully saturated rings. The van der Waals surface area contributed by atoms with E-state index < -0.39 is 9.84 Å². The van der Waals surface area contributed by atoms with Crippen LogP contribution in [0.1, 0.15) is 44.8 Å². The van der Waals surface area contributed by atoms with E-state index in [2.05, 4.69) is 41.4 Å². The lowest BCUT2D eigenvalue weighted by molar-refractivity contribution is 0.578. The molecule has 0 radical (unpaired) electrons. The smallest absolute Gasteiger partial charge is 0.191 e. The van der Waals surface area contributed by atoms with E-state index in [0.717, 1.165) is 10.7 Å². The van der Waals surface area contributed by atoms with E-state index in [1.165, 1.54) is 6.26 Å². The van der Waals surface area contributed by atoms with E-state index in [1.54, 1.807) is 18.4 Å². The van der Waals surface area contributed by atoms with E-state index in [1.807, 2.05) is 12.3 Å². The van der Waals surface area contributed by atoms with E-state index in [0.29, 0.717) is 18.9 Å². The Hall–Kier alpha value is -1.15. The van der Waals surface area contributed by atoms with Crippen molar-refractivity contribution >= 4 is 27.1 Å². The number of sulfone groups is 1. The number of nitrogens with one attached hydrogen (secondary N) is 2. The molecule has 0 amide bonds. The summed E-state index contributed by atoms with van der Waals surface area (Å²) in [5, 5.41) is 9.57. The maximum atomic E-state index is 11.2. The number of aromatic nitrogens is 1. The molecule has 0 aliphatic rings. The van der Waals surface area contributed by atoms with Gasteiger partial charge in [0.05, 0.1) is 23.0 Å². The van der Waals surface area contributed by atoms with Gasteiger partial charge in [-0.1, -0.05) is 20.8 Å². The molecule has 0 aliphatic heterocycles. The molecule has 0 aromatic carbocycles. The molecule has 23 heavy (non-hydrogen) atoms. The number of aliphatic imine (C=N–C) groups is 1. The first-order valence-corrected chi connectivity index (χ1v) is 10.5. The van der Waals surface area contributed by atoms with Crippen LogP contribution >= 0.6 is 11.3 Å². The van der Waals surface area contributed by atoms with Crippen molar-refractivity contribution in [2.75, 3.05) is 19.1 Å². The molecule has 0 saturated carbocycles. The second kappa shape index (κ2) is 8.10. The van der Waals surface area contributed by atoms with E-state index in [4.69, 9.17) is 0 Å². The maximum absolute atomic E-state index is 11.2. The van der Waals surface area contributed by atoms with Gasteiger partial charge in [-0.2, -0.15) is 0 Å². The van der Waals surface area contributed by atoms with Crippen LogP contribution in [0.3, 0.4) is 0 Å². The zero-order valence-electron chi connectivity index (χ0n) is 14.8. The minimum Gasteiger partial charge on any atom is -0.354 e. The molecule has 8 heteroatoms. The molecule has 0 aliphatic carbocycles. The third-order valence-electron chi connectivity index (χ3n) is 3.16. The van der Waals surface area contributed by atoms with Gasteiger partial charge in [0.1, 0.15) is 9.84 Å². The van der Waals surface area contributed by atoms with E-state index in [-0.39, 0.29) is 17.2 Å². The lowest BCUT2D eigenvalue weighted by Gasteiger charge is -2.17. The summed E-state index contributed by atoms with van der Waals surface area (Å²) < 4.78 is 22.4. The van der Waals surface area contributed by atoms with Crippen molar-refractivity contribution in [3.63, 3.8) is 0 Å². The standard InChI is InChI=1S/C15H28N4O2S2/c1-11(7-8-23(6,20)21)18-14(16-5)17-9-12-10-22-13(19-12)15(2,3)4/h10-11H,7-9H2,1-6H3,(H2,16,17,18). The van der Waals surface area contributed by atoms with E-state index in [9.17, 15) is 8.42 Å². The summed E-state index contributed by atoms with van der Waals surface area (Å²) in [6.07, 6.45) is 1.80. The molecule has 2 N–H and O–H groups in total. The molecule has 0 saturated heterocycles. The van der Waals surface area contributed by atoms with Gasteiger partial charge in [0.15, 0.2) is 5.96 Å². The lowest BCUT2D eigenvalue weighted by Crippen LogP contribution is -2.42. The quantitative estimate of drug-likeness (QED) is 0.598. The number of rotatable bonds is 6. The van der Waals surface area contributed by atoms with Crippen molar-refractivity contribution in [1.29, 1.82) is 0 Å². The third kappa shape index (κ3) is 7.78. The average molecular weight is 361 g/mol. The van der Waals surface area contributed by atoms with Gasteiger partial charge in [0.2, 0.25) is 0 Å². The Morgan fingerprint density at radius 2 is 2.09 bits per heavy atom. The number of nitrogens with zero attached hydrogens (tertiary/aromatic N) is 2. The number of hydrogen-bond donors (Lipinski definition) is 2. The zero-order chi connectivity index (χ0) is 17.7. The highest BCUT2D eigenvalue weighted by Gasteiger charge is 2.18. The van der Waals surface area contributed by atoms with Crippen molar-refractivity contribution in [2.24, 2.45) is 4.99 Å². The van der Waals surface area contributed by atoms with Gasteiger partial charge >= 0.3 is 0 Å². The Morgan fingerprint density at radius 3 is 2.57 bits per heavy atom. The summed E-state index contributed by atoms with van der Waals surface area (Å²) in [5.74, 6) is 0.815. The van der Waals surface area contributed by atoms with Crippen molar-refractivity contribution in [3.8, 4) is 0 Å². The minimum absolute atomic E-state index is 0.0245. The van der Waals surface area contributed by atoms with Gasteiger partial charge < -0.3 is 10.6 Å². The second-order valence-corrected chi connectivity index (χ2v) is 9.90. The molecule has 1 rings (SSSR count). The van der Waals surface area contributed by atoms with Gasteiger partial charge in [-0.15, -0.1) is 11.3 Å². The van der Waals surface area contributed by atoms with Crippen molar-refractivity contribution in [1.82, 2.24) is 15.6 Å². The fraction of sp³-hybridized carbons (Fsp3) is 0.733. The Bertz CT molecular complexity index is 630. The maximum Gasteiger partial charge on any atom is 0.191 e. The van der Waals surface area contributed by atoms with Crippen molar-refractivity contribution in [3.05, 3.63) is 16.1 Å². The minimum atomic E-state index is -2.94. The summed E-state index contributed by atoms with van der Waals surface area (Å²) in [5.41, 5.74) is 1.04. The summed E-state index contributed by atoms with van der Waals surface area (Å²) in [6.45, 7) is 8.97. The summed E-state index contributed by atoms with van der Waals surface area (Å²) in [7, 11) is -1.24. The highest BCUT2D eigenvalue weighted by Crippen LogP contribution is 2.25. The van der Waals surface area contributed by atoms with Crippen LogP contribution in [-0.2, 0) is 21.8 Å². The van der Waals surface area contributed by atoms with Crippen LogP contribution < -0.4 is 10.6 Å². The van der Waals surface area contributed by atoms with Gasteiger partial charge in [0, 0.05) is 30.1 Å². The predicted octanol–water partition coefficient (Wildman–Crippen LogP) is 1.93. The molecule has 6 nitrogen and oxygen atoms in total. The molecular weight excluding hydrogens is 332 g/mol. The fourth-order valence-corrected chi connectivity index (χ4v) is 3.49. The predicted molar refractivity (Wildman–Crippen MR) is 97.9 cm³/mol. The van der Waals surface area contributed by atoms with Crippen LogP contribution in [0.4, 0.5) is 0 Å². The third-order valence-corrected chi connectivity index (χ3v) is 5.45. The Labute approximate surface area is 143 Å². The normalized spacial score (nSPS) is 14.6. The number of thiazole rings is 1. The first-order valence-electron chi connectivity index (χ1n) is 7.61. The van der Waals surface area contributed by atoms with Gasteiger partial charge in [-0.3, -0.25) is 4.99 Å². The van der Waals surface area contributed by atoms with E-state index >= 15 is 0 Å². The Balaban J connectivity index is 2.50.